The largest absolute Gasteiger partial charge is 0.433 e. The molecule has 1 fully saturated rings. The number of nitrogens with zero attached hydrogens (tertiary/aromatic N) is 2. The molecule has 3 atom stereocenters. The van der Waals surface area contributed by atoms with Crippen molar-refractivity contribution in [3.8, 4) is 6.07 Å². The van der Waals surface area contributed by atoms with E-state index < -0.39 is 54.1 Å². The van der Waals surface area contributed by atoms with Gasteiger partial charge in [-0.1, -0.05) is 30.3 Å². The average molecular weight is 430 g/mol. The topological polar surface area (TPSA) is 56.5 Å². The molecule has 1 N–H and O–H groups in total. The van der Waals surface area contributed by atoms with Gasteiger partial charge in [0, 0.05) is 18.7 Å². The van der Waals surface area contributed by atoms with E-state index in [0.29, 0.717) is 16.5 Å². The lowest BCUT2D eigenvalue weighted by atomic mass is 10.0. The molecule has 0 radical (unpaired) electrons. The molecule has 10 heteroatoms. The van der Waals surface area contributed by atoms with Crippen molar-refractivity contribution in [1.82, 2.24) is 0 Å². The molecule has 1 aliphatic rings. The first-order valence-corrected chi connectivity index (χ1v) is 8.83. The highest BCUT2D eigenvalue weighted by atomic mass is 19.4. The first-order chi connectivity index (χ1) is 14.0. The van der Waals surface area contributed by atoms with E-state index >= 15 is 0 Å². The lowest BCUT2D eigenvalue weighted by Crippen LogP contribution is -2.42. The highest BCUT2D eigenvalue weighted by molar-refractivity contribution is 5.56. The van der Waals surface area contributed by atoms with Crippen molar-refractivity contribution in [1.29, 1.82) is 5.26 Å². The van der Waals surface area contributed by atoms with Gasteiger partial charge in [0.05, 0.1) is 23.3 Å². The summed E-state index contributed by atoms with van der Waals surface area (Å²) in [5.41, 5.74) is -1.77. The van der Waals surface area contributed by atoms with Crippen molar-refractivity contribution in [3.05, 3.63) is 65.2 Å². The zero-order chi connectivity index (χ0) is 22.1. The van der Waals surface area contributed by atoms with Gasteiger partial charge in [-0.05, 0) is 23.8 Å². The molecule has 30 heavy (non-hydrogen) atoms. The highest BCUT2D eigenvalue weighted by Gasteiger charge is 2.52. The van der Waals surface area contributed by atoms with Crippen LogP contribution in [-0.2, 0) is 17.3 Å². The summed E-state index contributed by atoms with van der Waals surface area (Å²) in [7, 11) is 0. The quantitative estimate of drug-likeness (QED) is 0.736. The third kappa shape index (κ3) is 4.68. The Kier molecular flexibility index (Phi) is 5.97. The number of hydrogen-bond donors (Lipinski definition) is 1. The van der Waals surface area contributed by atoms with E-state index in [1.165, 1.54) is 6.07 Å². The second-order valence-electron chi connectivity index (χ2n) is 6.82. The Labute approximate surface area is 167 Å². The second kappa shape index (κ2) is 8.16. The molecule has 2 aromatic rings. The minimum absolute atomic E-state index is 0.0189. The molecule has 1 saturated heterocycles. The summed E-state index contributed by atoms with van der Waals surface area (Å²) in [5.74, 6) is 0. The zero-order valence-corrected chi connectivity index (χ0v) is 15.3. The van der Waals surface area contributed by atoms with E-state index in [1.807, 2.05) is 0 Å². The smallest absolute Gasteiger partial charge is 0.390 e. The minimum atomic E-state index is -4.92. The van der Waals surface area contributed by atoms with Gasteiger partial charge in [-0.3, -0.25) is 0 Å². The van der Waals surface area contributed by atoms with E-state index in [-0.39, 0.29) is 6.42 Å². The van der Waals surface area contributed by atoms with E-state index in [1.54, 1.807) is 30.3 Å². The summed E-state index contributed by atoms with van der Waals surface area (Å²) in [4.78, 5) is 0.620. The number of hydrogen-bond acceptors (Lipinski definition) is 4. The molecular formula is C20H16F6N2O2. The van der Waals surface area contributed by atoms with Gasteiger partial charge < -0.3 is 14.7 Å². The van der Waals surface area contributed by atoms with Gasteiger partial charge in [0.1, 0.15) is 6.10 Å². The molecule has 1 aliphatic heterocycles. The van der Waals surface area contributed by atoms with Crippen LogP contribution >= 0.6 is 0 Å². The van der Waals surface area contributed by atoms with E-state index in [9.17, 15) is 31.4 Å². The van der Waals surface area contributed by atoms with Crippen molar-refractivity contribution < 1.29 is 36.2 Å². The van der Waals surface area contributed by atoms with Crippen molar-refractivity contribution >= 4 is 5.69 Å². The van der Waals surface area contributed by atoms with Crippen LogP contribution in [0.2, 0.25) is 0 Å². The summed E-state index contributed by atoms with van der Waals surface area (Å²) < 4.78 is 85.2. The minimum Gasteiger partial charge on any atom is -0.390 e. The van der Waals surface area contributed by atoms with Crippen LogP contribution in [0.5, 0.6) is 0 Å². The van der Waals surface area contributed by atoms with Crippen LogP contribution in [0, 0.1) is 11.3 Å². The fourth-order valence-corrected chi connectivity index (χ4v) is 3.31. The second-order valence-corrected chi connectivity index (χ2v) is 6.82. The Morgan fingerprint density at radius 3 is 2.33 bits per heavy atom. The van der Waals surface area contributed by atoms with Crippen molar-refractivity contribution in [2.45, 2.75) is 37.2 Å². The van der Waals surface area contributed by atoms with Crippen LogP contribution in [0.25, 0.3) is 0 Å². The van der Waals surface area contributed by atoms with E-state index in [2.05, 4.69) is 0 Å². The number of halogens is 6. The standard InChI is InChI=1S/C20H16F6N2O2/c21-19(22,23)15-9-14(7-6-13(15)10-27)28-11-17(30-18(28)20(24,25)26)16(29)8-12-4-2-1-3-5-12/h1-7,9,16-18,29H,8,11H2/t16?,17-,18+/m0/s1. The molecule has 2 aromatic carbocycles. The van der Waals surface area contributed by atoms with Crippen LogP contribution < -0.4 is 4.90 Å². The number of aliphatic hydroxyl groups is 1. The monoisotopic (exact) mass is 430 g/mol. The Bertz CT molecular complexity index is 924. The van der Waals surface area contributed by atoms with Crippen LogP contribution in [0.4, 0.5) is 32.0 Å². The number of aliphatic hydroxyl groups excluding tert-OH is 1. The summed E-state index contributed by atoms with van der Waals surface area (Å²) >= 11 is 0. The molecule has 0 spiro atoms. The predicted octanol–water partition coefficient (Wildman–Crippen LogP) is 4.27. The number of anilines is 1. The maximum absolute atomic E-state index is 13.5. The highest BCUT2D eigenvalue weighted by Crippen LogP contribution is 2.39. The third-order valence-electron chi connectivity index (χ3n) is 4.72. The molecule has 0 saturated carbocycles. The van der Waals surface area contributed by atoms with Gasteiger partial charge in [0.2, 0.25) is 6.23 Å². The van der Waals surface area contributed by atoms with E-state index in [0.717, 1.165) is 12.1 Å². The van der Waals surface area contributed by atoms with Gasteiger partial charge in [-0.25, -0.2) is 0 Å². The SMILES string of the molecule is N#Cc1ccc(N2C[C@@H](C(O)Cc3ccccc3)O[C@@H]2C(F)(F)F)cc1C(F)(F)F. The first kappa shape index (κ1) is 21.9. The molecule has 0 aromatic heterocycles. The van der Waals surface area contributed by atoms with Gasteiger partial charge in [0.15, 0.2) is 0 Å². The number of rotatable bonds is 4. The van der Waals surface area contributed by atoms with Crippen LogP contribution in [0.3, 0.4) is 0 Å². The normalized spacial score (nSPS) is 20.8. The molecule has 1 unspecified atom stereocenters. The molecule has 1 heterocycles. The third-order valence-corrected chi connectivity index (χ3v) is 4.72. The Morgan fingerprint density at radius 2 is 1.77 bits per heavy atom. The molecule has 160 valence electrons. The van der Waals surface area contributed by atoms with E-state index in [4.69, 9.17) is 10.00 Å². The number of benzene rings is 2. The fraction of sp³-hybridized carbons (Fsp3) is 0.350. The van der Waals surface area contributed by atoms with Gasteiger partial charge in [0.25, 0.3) is 0 Å². The molecule has 4 nitrogen and oxygen atoms in total. The summed E-state index contributed by atoms with van der Waals surface area (Å²) in [6.45, 7) is -0.471. The number of alkyl halides is 6. The molecule has 3 rings (SSSR count). The average Bonchev–Trinajstić information content (AvgIpc) is 3.14. The molecular weight excluding hydrogens is 414 g/mol. The molecule has 0 bridgehead atoms. The summed E-state index contributed by atoms with van der Waals surface area (Å²) in [6, 6.07) is 12.2. The Balaban J connectivity index is 1.90. The van der Waals surface area contributed by atoms with Crippen LogP contribution in [0.15, 0.2) is 48.5 Å². The number of nitriles is 1. The maximum atomic E-state index is 13.5. The Morgan fingerprint density at radius 1 is 1.10 bits per heavy atom. The molecule has 0 amide bonds. The zero-order valence-electron chi connectivity index (χ0n) is 15.3. The molecule has 0 aliphatic carbocycles. The Hall–Kier alpha value is -2.77. The van der Waals surface area contributed by atoms with Crippen LogP contribution in [-0.4, -0.2) is 36.3 Å². The summed E-state index contributed by atoms with van der Waals surface area (Å²) in [5, 5.41) is 19.2. The lowest BCUT2D eigenvalue weighted by molar-refractivity contribution is -0.219. The van der Waals surface area contributed by atoms with Gasteiger partial charge >= 0.3 is 12.4 Å². The first-order valence-electron chi connectivity index (χ1n) is 8.83. The van der Waals surface area contributed by atoms with Crippen molar-refractivity contribution in [2.24, 2.45) is 0 Å². The van der Waals surface area contributed by atoms with Crippen molar-refractivity contribution in [2.75, 3.05) is 11.4 Å². The lowest BCUT2D eigenvalue weighted by Gasteiger charge is -2.27. The number of ether oxygens (including phenoxy) is 1. The predicted molar refractivity (Wildman–Crippen MR) is 94.4 cm³/mol. The van der Waals surface area contributed by atoms with Crippen LogP contribution in [0.1, 0.15) is 16.7 Å². The van der Waals surface area contributed by atoms with Crippen molar-refractivity contribution in [3.63, 3.8) is 0 Å². The summed E-state index contributed by atoms with van der Waals surface area (Å²) in [6.07, 6.45) is -14.9. The van der Waals surface area contributed by atoms with Gasteiger partial charge in [-0.2, -0.15) is 31.6 Å². The maximum Gasteiger partial charge on any atom is 0.433 e. The van der Waals surface area contributed by atoms with Gasteiger partial charge in [-0.15, -0.1) is 0 Å². The fourth-order valence-electron chi connectivity index (χ4n) is 3.31.